The van der Waals surface area contributed by atoms with Gasteiger partial charge in [0.25, 0.3) is 0 Å². The Bertz CT molecular complexity index is 405. The summed E-state index contributed by atoms with van der Waals surface area (Å²) in [5, 5.41) is 11.6. The molecule has 1 saturated heterocycles. The molecule has 0 radical (unpaired) electrons. The van der Waals surface area contributed by atoms with Gasteiger partial charge in [0.15, 0.2) is 4.34 Å². The number of aromatic nitrogens is 2. The van der Waals surface area contributed by atoms with Crippen molar-refractivity contribution in [2.75, 3.05) is 13.2 Å². The Kier molecular flexibility index (Phi) is 4.96. The molecule has 1 aliphatic heterocycles. The number of amides is 1. The van der Waals surface area contributed by atoms with Crippen molar-refractivity contribution in [2.24, 2.45) is 0 Å². The van der Waals surface area contributed by atoms with E-state index in [4.69, 9.17) is 4.74 Å². The average molecular weight is 287 g/mol. The van der Waals surface area contributed by atoms with E-state index in [1.54, 1.807) is 0 Å². The van der Waals surface area contributed by atoms with Crippen LogP contribution in [-0.4, -0.2) is 40.6 Å². The predicted octanol–water partition coefficient (Wildman–Crippen LogP) is 1.62. The highest BCUT2D eigenvalue weighted by molar-refractivity contribution is 8.02. The van der Waals surface area contributed by atoms with Gasteiger partial charge in [0.05, 0.1) is 11.4 Å². The molecule has 1 aromatic heterocycles. The van der Waals surface area contributed by atoms with Gasteiger partial charge in [0.1, 0.15) is 5.01 Å². The van der Waals surface area contributed by atoms with Crippen LogP contribution in [0.5, 0.6) is 0 Å². The number of hydrogen-bond donors (Lipinski definition) is 1. The lowest BCUT2D eigenvalue weighted by Gasteiger charge is -2.13. The lowest BCUT2D eigenvalue weighted by molar-refractivity contribution is -0.120. The molecule has 5 nitrogen and oxygen atoms in total. The zero-order valence-corrected chi connectivity index (χ0v) is 12.1. The molecule has 0 aliphatic carbocycles. The Labute approximate surface area is 115 Å². The highest BCUT2D eigenvalue weighted by Gasteiger charge is 2.20. The largest absolute Gasteiger partial charge is 0.376 e. The van der Waals surface area contributed by atoms with Crippen LogP contribution in [0.3, 0.4) is 0 Å². The molecule has 2 heterocycles. The average Bonchev–Trinajstić information content (AvgIpc) is 2.97. The molecule has 2 rings (SSSR count). The fourth-order valence-electron chi connectivity index (χ4n) is 1.69. The second kappa shape index (κ2) is 6.49. The number of ether oxygens (including phenoxy) is 1. The molecule has 0 saturated carbocycles. The maximum atomic E-state index is 11.9. The first-order valence-electron chi connectivity index (χ1n) is 6.01. The van der Waals surface area contributed by atoms with E-state index < -0.39 is 0 Å². The van der Waals surface area contributed by atoms with E-state index in [0.717, 1.165) is 28.8 Å². The SMILES string of the molecule is Cc1nnc(S[C@@H](C)C(=O)NC[C@H]2CCCO2)s1. The van der Waals surface area contributed by atoms with E-state index in [9.17, 15) is 4.79 Å². The monoisotopic (exact) mass is 287 g/mol. The summed E-state index contributed by atoms with van der Waals surface area (Å²) < 4.78 is 6.30. The van der Waals surface area contributed by atoms with Crippen LogP contribution in [0.4, 0.5) is 0 Å². The number of carbonyl (C=O) groups is 1. The van der Waals surface area contributed by atoms with Crippen molar-refractivity contribution >= 4 is 29.0 Å². The van der Waals surface area contributed by atoms with Gasteiger partial charge in [-0.05, 0) is 26.7 Å². The first-order chi connectivity index (χ1) is 8.65. The molecule has 1 aromatic rings. The third-order valence-corrected chi connectivity index (χ3v) is 4.71. The molecule has 1 N–H and O–H groups in total. The van der Waals surface area contributed by atoms with Gasteiger partial charge in [-0.2, -0.15) is 0 Å². The number of rotatable bonds is 5. The van der Waals surface area contributed by atoms with Crippen molar-refractivity contribution < 1.29 is 9.53 Å². The fraction of sp³-hybridized carbons (Fsp3) is 0.727. The summed E-state index contributed by atoms with van der Waals surface area (Å²) in [7, 11) is 0. The normalized spacial score (nSPS) is 20.9. The van der Waals surface area contributed by atoms with Crippen LogP contribution in [0.15, 0.2) is 4.34 Å². The highest BCUT2D eigenvalue weighted by Crippen LogP contribution is 2.26. The summed E-state index contributed by atoms with van der Waals surface area (Å²) in [6.07, 6.45) is 2.32. The van der Waals surface area contributed by atoms with Gasteiger partial charge in [0.2, 0.25) is 5.91 Å². The summed E-state index contributed by atoms with van der Waals surface area (Å²) in [6, 6.07) is 0. The van der Waals surface area contributed by atoms with Crippen LogP contribution in [0, 0.1) is 6.92 Å². The van der Waals surface area contributed by atoms with E-state index in [1.807, 2.05) is 13.8 Å². The molecule has 7 heteroatoms. The summed E-state index contributed by atoms with van der Waals surface area (Å²) in [5.74, 6) is 0.0309. The third kappa shape index (κ3) is 3.93. The predicted molar refractivity (Wildman–Crippen MR) is 71.9 cm³/mol. The number of hydrogen-bond acceptors (Lipinski definition) is 6. The Hall–Kier alpha value is -0.660. The minimum atomic E-state index is -0.154. The summed E-state index contributed by atoms with van der Waals surface area (Å²) in [4.78, 5) is 11.9. The van der Waals surface area contributed by atoms with E-state index in [0.29, 0.717) is 6.54 Å². The highest BCUT2D eigenvalue weighted by atomic mass is 32.2. The molecule has 1 amide bonds. The standard InChI is InChI=1S/C11H17N3O2S2/c1-7(17-11-14-13-8(2)18-11)10(15)12-6-9-4-3-5-16-9/h7,9H,3-6H2,1-2H3,(H,12,15)/t7-,9+/m0/s1. The van der Waals surface area contributed by atoms with Crippen LogP contribution < -0.4 is 5.32 Å². The Morgan fingerprint density at radius 1 is 1.67 bits per heavy atom. The minimum absolute atomic E-state index is 0.0309. The Morgan fingerprint density at radius 2 is 2.50 bits per heavy atom. The smallest absolute Gasteiger partial charge is 0.233 e. The van der Waals surface area contributed by atoms with Crippen molar-refractivity contribution in [3.05, 3.63) is 5.01 Å². The van der Waals surface area contributed by atoms with Crippen LogP contribution in [0.2, 0.25) is 0 Å². The summed E-state index contributed by atoms with van der Waals surface area (Å²) in [5.41, 5.74) is 0. The van der Waals surface area contributed by atoms with Crippen molar-refractivity contribution in [2.45, 2.75) is 42.4 Å². The van der Waals surface area contributed by atoms with Gasteiger partial charge in [-0.15, -0.1) is 10.2 Å². The number of carbonyl (C=O) groups excluding carboxylic acids is 1. The molecular weight excluding hydrogens is 270 g/mol. The van der Waals surface area contributed by atoms with E-state index in [-0.39, 0.29) is 17.3 Å². The third-order valence-electron chi connectivity index (χ3n) is 2.68. The Morgan fingerprint density at radius 3 is 3.11 bits per heavy atom. The van der Waals surface area contributed by atoms with Crippen molar-refractivity contribution in [1.82, 2.24) is 15.5 Å². The van der Waals surface area contributed by atoms with E-state index >= 15 is 0 Å². The number of nitrogens with one attached hydrogen (secondary N) is 1. The molecular formula is C11H17N3O2S2. The number of nitrogens with zero attached hydrogens (tertiary/aromatic N) is 2. The summed E-state index contributed by atoms with van der Waals surface area (Å²) >= 11 is 2.96. The van der Waals surface area contributed by atoms with Crippen molar-refractivity contribution in [3.63, 3.8) is 0 Å². The first kappa shape index (κ1) is 13.8. The lowest BCUT2D eigenvalue weighted by atomic mass is 10.2. The quantitative estimate of drug-likeness (QED) is 0.834. The van der Waals surface area contributed by atoms with Gasteiger partial charge in [-0.1, -0.05) is 23.1 Å². The van der Waals surface area contributed by atoms with Gasteiger partial charge < -0.3 is 10.1 Å². The molecule has 18 heavy (non-hydrogen) atoms. The topological polar surface area (TPSA) is 64.1 Å². The van der Waals surface area contributed by atoms with E-state index in [1.165, 1.54) is 23.1 Å². The van der Waals surface area contributed by atoms with Gasteiger partial charge in [-0.25, -0.2) is 0 Å². The van der Waals surface area contributed by atoms with Crippen molar-refractivity contribution in [1.29, 1.82) is 0 Å². The van der Waals surface area contributed by atoms with Crippen LogP contribution in [0.1, 0.15) is 24.8 Å². The minimum Gasteiger partial charge on any atom is -0.376 e. The second-order valence-corrected chi connectivity index (χ2v) is 7.00. The second-order valence-electron chi connectivity index (χ2n) is 4.23. The Balaban J connectivity index is 1.74. The maximum absolute atomic E-state index is 11.9. The fourth-order valence-corrected chi connectivity index (χ4v) is 3.68. The molecule has 1 fully saturated rings. The first-order valence-corrected chi connectivity index (χ1v) is 7.71. The molecule has 0 bridgehead atoms. The zero-order chi connectivity index (χ0) is 13.0. The lowest BCUT2D eigenvalue weighted by Crippen LogP contribution is -2.36. The number of aryl methyl sites for hydroxylation is 1. The molecule has 0 aromatic carbocycles. The zero-order valence-electron chi connectivity index (χ0n) is 10.5. The van der Waals surface area contributed by atoms with Crippen LogP contribution >= 0.6 is 23.1 Å². The van der Waals surface area contributed by atoms with E-state index in [2.05, 4.69) is 15.5 Å². The van der Waals surface area contributed by atoms with Crippen LogP contribution in [-0.2, 0) is 9.53 Å². The van der Waals surface area contributed by atoms with Crippen molar-refractivity contribution in [3.8, 4) is 0 Å². The molecule has 0 unspecified atom stereocenters. The number of thioether (sulfide) groups is 1. The molecule has 100 valence electrons. The van der Waals surface area contributed by atoms with Gasteiger partial charge in [-0.3, -0.25) is 4.79 Å². The maximum Gasteiger partial charge on any atom is 0.233 e. The van der Waals surface area contributed by atoms with Gasteiger partial charge in [0, 0.05) is 13.2 Å². The molecule has 2 atom stereocenters. The molecule has 1 aliphatic rings. The van der Waals surface area contributed by atoms with Gasteiger partial charge >= 0.3 is 0 Å². The molecule has 0 spiro atoms. The van der Waals surface area contributed by atoms with Crippen LogP contribution in [0.25, 0.3) is 0 Å². The summed E-state index contributed by atoms with van der Waals surface area (Å²) in [6.45, 7) is 5.21.